The zero-order valence-corrected chi connectivity index (χ0v) is 8.58. The summed E-state index contributed by atoms with van der Waals surface area (Å²) >= 11 is 5.00. The van der Waals surface area contributed by atoms with Crippen LogP contribution in [0.1, 0.15) is 28.7 Å². The molecular weight excluding hydrogens is 178 g/mol. The summed E-state index contributed by atoms with van der Waals surface area (Å²) in [5.74, 6) is 0. The van der Waals surface area contributed by atoms with Crippen LogP contribution in [-0.2, 0) is 12.8 Å². The molecule has 0 bridgehead atoms. The zero-order valence-electron chi connectivity index (χ0n) is 7.76. The zero-order chi connectivity index (χ0) is 9.42. The van der Waals surface area contributed by atoms with Gasteiger partial charge in [0.15, 0.2) is 0 Å². The minimum absolute atomic E-state index is 0.521. The van der Waals surface area contributed by atoms with Crippen molar-refractivity contribution in [2.24, 2.45) is 5.73 Å². The Morgan fingerprint density at radius 2 is 1.92 bits per heavy atom. The number of hydrogen-bond donors (Lipinski definition) is 1. The Balaban J connectivity index is 2.55. The monoisotopic (exact) mass is 191 g/mol. The molecule has 1 aliphatic carbocycles. The summed E-state index contributed by atoms with van der Waals surface area (Å²) in [7, 11) is 0. The predicted molar refractivity (Wildman–Crippen MR) is 59.1 cm³/mol. The number of rotatable bonds is 1. The summed E-state index contributed by atoms with van der Waals surface area (Å²) < 4.78 is 0. The van der Waals surface area contributed by atoms with Crippen LogP contribution in [0.2, 0.25) is 0 Å². The van der Waals surface area contributed by atoms with Crippen molar-refractivity contribution in [2.45, 2.75) is 26.2 Å². The third-order valence-electron chi connectivity index (χ3n) is 2.70. The molecule has 1 nitrogen and oxygen atoms in total. The third kappa shape index (κ3) is 1.46. The van der Waals surface area contributed by atoms with E-state index in [1.54, 1.807) is 0 Å². The second-order valence-electron chi connectivity index (χ2n) is 3.65. The van der Waals surface area contributed by atoms with Gasteiger partial charge in [-0.15, -0.1) is 0 Å². The number of fused-ring (bicyclic) bond motifs is 1. The van der Waals surface area contributed by atoms with Crippen LogP contribution in [-0.4, -0.2) is 4.99 Å². The molecule has 0 atom stereocenters. The first kappa shape index (κ1) is 8.70. The number of nitrogens with two attached hydrogens (primary N) is 1. The van der Waals surface area contributed by atoms with Crippen LogP contribution in [0.3, 0.4) is 0 Å². The lowest BCUT2D eigenvalue weighted by Gasteiger charge is -2.07. The van der Waals surface area contributed by atoms with Gasteiger partial charge in [-0.1, -0.05) is 18.3 Å². The Labute approximate surface area is 83.9 Å². The van der Waals surface area contributed by atoms with Crippen LogP contribution >= 0.6 is 12.2 Å². The SMILES string of the molecule is Cc1cc2c(cc1C(N)=S)CCC2. The van der Waals surface area contributed by atoms with Crippen molar-refractivity contribution in [1.82, 2.24) is 0 Å². The van der Waals surface area contributed by atoms with Gasteiger partial charge in [0.2, 0.25) is 0 Å². The van der Waals surface area contributed by atoms with Gasteiger partial charge in [-0.05, 0) is 48.9 Å². The number of thiocarbonyl (C=S) groups is 1. The first-order valence-electron chi connectivity index (χ1n) is 4.60. The predicted octanol–water partition coefficient (Wildman–Crippen LogP) is 2.12. The molecule has 1 aromatic rings. The summed E-state index contributed by atoms with van der Waals surface area (Å²) in [5.41, 5.74) is 10.8. The van der Waals surface area contributed by atoms with Crippen LogP contribution in [0.25, 0.3) is 0 Å². The Bertz CT molecular complexity index is 369. The van der Waals surface area contributed by atoms with Gasteiger partial charge >= 0.3 is 0 Å². The van der Waals surface area contributed by atoms with Crippen molar-refractivity contribution in [1.29, 1.82) is 0 Å². The van der Waals surface area contributed by atoms with Crippen LogP contribution in [0.15, 0.2) is 12.1 Å². The largest absolute Gasteiger partial charge is 0.389 e. The minimum atomic E-state index is 0.521. The summed E-state index contributed by atoms with van der Waals surface area (Å²) in [6.45, 7) is 2.08. The molecule has 2 heteroatoms. The van der Waals surface area contributed by atoms with E-state index in [1.165, 1.54) is 36.0 Å². The summed E-state index contributed by atoms with van der Waals surface area (Å²) in [4.78, 5) is 0.521. The van der Waals surface area contributed by atoms with E-state index in [1.807, 2.05) is 0 Å². The van der Waals surface area contributed by atoms with Crippen LogP contribution < -0.4 is 5.73 Å². The molecule has 0 amide bonds. The van der Waals surface area contributed by atoms with Gasteiger partial charge in [-0.3, -0.25) is 0 Å². The Hall–Kier alpha value is -0.890. The molecule has 0 heterocycles. The quantitative estimate of drug-likeness (QED) is 0.688. The van der Waals surface area contributed by atoms with E-state index >= 15 is 0 Å². The van der Waals surface area contributed by atoms with E-state index in [0.29, 0.717) is 4.99 Å². The summed E-state index contributed by atoms with van der Waals surface area (Å²) in [6, 6.07) is 4.40. The molecule has 0 fully saturated rings. The van der Waals surface area contributed by atoms with Crippen molar-refractivity contribution >= 4 is 17.2 Å². The van der Waals surface area contributed by atoms with Crippen LogP contribution in [0.5, 0.6) is 0 Å². The van der Waals surface area contributed by atoms with Gasteiger partial charge in [0.05, 0.1) is 0 Å². The maximum atomic E-state index is 5.64. The number of benzene rings is 1. The second kappa shape index (κ2) is 3.11. The molecule has 68 valence electrons. The highest BCUT2D eigenvalue weighted by Gasteiger charge is 2.13. The summed E-state index contributed by atoms with van der Waals surface area (Å²) in [6.07, 6.45) is 3.68. The Kier molecular flexibility index (Phi) is 2.08. The van der Waals surface area contributed by atoms with Gasteiger partial charge in [-0.25, -0.2) is 0 Å². The lowest BCUT2D eigenvalue weighted by Crippen LogP contribution is -2.11. The fourth-order valence-electron chi connectivity index (χ4n) is 2.01. The first-order chi connectivity index (χ1) is 6.18. The third-order valence-corrected chi connectivity index (χ3v) is 2.92. The van der Waals surface area contributed by atoms with E-state index in [0.717, 1.165) is 5.56 Å². The van der Waals surface area contributed by atoms with Crippen molar-refractivity contribution in [3.8, 4) is 0 Å². The molecule has 0 radical (unpaired) electrons. The smallest absolute Gasteiger partial charge is 0.104 e. The average Bonchev–Trinajstić information content (AvgIpc) is 2.48. The van der Waals surface area contributed by atoms with Gasteiger partial charge in [0.25, 0.3) is 0 Å². The van der Waals surface area contributed by atoms with E-state index in [9.17, 15) is 0 Å². The topological polar surface area (TPSA) is 26.0 Å². The Morgan fingerprint density at radius 3 is 2.54 bits per heavy atom. The average molecular weight is 191 g/mol. The molecule has 1 aliphatic rings. The molecule has 0 spiro atoms. The fourth-order valence-corrected chi connectivity index (χ4v) is 2.23. The van der Waals surface area contributed by atoms with Gasteiger partial charge in [0, 0.05) is 5.56 Å². The maximum Gasteiger partial charge on any atom is 0.104 e. The molecule has 1 aromatic carbocycles. The molecule has 13 heavy (non-hydrogen) atoms. The number of hydrogen-bond acceptors (Lipinski definition) is 1. The highest BCUT2D eigenvalue weighted by atomic mass is 32.1. The lowest BCUT2D eigenvalue weighted by molar-refractivity contribution is 0.911. The minimum Gasteiger partial charge on any atom is -0.389 e. The second-order valence-corrected chi connectivity index (χ2v) is 4.09. The molecule has 2 N–H and O–H groups in total. The van der Waals surface area contributed by atoms with Crippen molar-refractivity contribution in [3.05, 3.63) is 34.4 Å². The Morgan fingerprint density at radius 1 is 1.31 bits per heavy atom. The highest BCUT2D eigenvalue weighted by Crippen LogP contribution is 2.25. The molecule has 2 rings (SSSR count). The van der Waals surface area contributed by atoms with Crippen LogP contribution in [0, 0.1) is 6.92 Å². The van der Waals surface area contributed by atoms with Crippen LogP contribution in [0.4, 0.5) is 0 Å². The van der Waals surface area contributed by atoms with Gasteiger partial charge in [0.1, 0.15) is 4.99 Å². The molecule has 0 saturated carbocycles. The molecular formula is C11H13NS. The summed E-state index contributed by atoms with van der Waals surface area (Å²) in [5, 5.41) is 0. The van der Waals surface area contributed by atoms with E-state index in [4.69, 9.17) is 18.0 Å². The molecule has 0 aliphatic heterocycles. The van der Waals surface area contributed by atoms with Gasteiger partial charge in [-0.2, -0.15) is 0 Å². The van der Waals surface area contributed by atoms with E-state index in [-0.39, 0.29) is 0 Å². The van der Waals surface area contributed by atoms with Crippen molar-refractivity contribution < 1.29 is 0 Å². The van der Waals surface area contributed by atoms with Crippen molar-refractivity contribution in [3.63, 3.8) is 0 Å². The highest BCUT2D eigenvalue weighted by molar-refractivity contribution is 7.80. The molecule has 0 aromatic heterocycles. The molecule has 0 saturated heterocycles. The van der Waals surface area contributed by atoms with E-state index < -0.39 is 0 Å². The van der Waals surface area contributed by atoms with Gasteiger partial charge < -0.3 is 5.73 Å². The fraction of sp³-hybridized carbons (Fsp3) is 0.364. The normalized spacial score (nSPS) is 14.2. The van der Waals surface area contributed by atoms with Crippen molar-refractivity contribution in [2.75, 3.05) is 0 Å². The van der Waals surface area contributed by atoms with E-state index in [2.05, 4.69) is 19.1 Å². The standard InChI is InChI=1S/C11H13NS/c1-7-5-8-3-2-4-9(8)6-10(7)11(12)13/h5-6H,2-4H2,1H3,(H2,12,13). The maximum absolute atomic E-state index is 5.64. The lowest BCUT2D eigenvalue weighted by atomic mass is 10.0. The first-order valence-corrected chi connectivity index (χ1v) is 5.01. The number of aryl methyl sites for hydroxylation is 3. The molecule has 0 unspecified atom stereocenters.